The van der Waals surface area contributed by atoms with Crippen LogP contribution in [0.1, 0.15) is 12.5 Å². The molecule has 1 amide bonds. The Morgan fingerprint density at radius 3 is 2.54 bits per heavy atom. The molecule has 0 unspecified atom stereocenters. The van der Waals surface area contributed by atoms with Crippen molar-refractivity contribution < 1.29 is 9.53 Å². The van der Waals surface area contributed by atoms with Crippen LogP contribution in [-0.2, 0) is 9.53 Å². The minimum absolute atomic E-state index is 0.0119. The van der Waals surface area contributed by atoms with E-state index in [1.807, 2.05) is 41.3 Å². The quantitative estimate of drug-likeness (QED) is 0.360. The fraction of sp³-hybridized carbons (Fsp3) is 0.400. The lowest BCUT2D eigenvalue weighted by molar-refractivity contribution is -0.131. The van der Waals surface area contributed by atoms with Crippen molar-refractivity contribution in [1.29, 1.82) is 0 Å². The molecule has 28 heavy (non-hydrogen) atoms. The van der Waals surface area contributed by atoms with E-state index in [9.17, 15) is 4.79 Å². The maximum Gasteiger partial charge on any atom is 0.243 e. The number of methoxy groups -OCH3 is 1. The van der Waals surface area contributed by atoms with E-state index < -0.39 is 0 Å². The summed E-state index contributed by atoms with van der Waals surface area (Å²) in [6.45, 7) is 5.79. The van der Waals surface area contributed by atoms with E-state index in [4.69, 9.17) is 10.5 Å². The molecule has 0 bridgehead atoms. The standard InChI is InChI=1S/C20H28BrN5O2/c1-16(8-13-28-2)25-9-11-26(12-10-25)19(27)15-23-24-20(22)18(21)14-17-6-4-3-5-7-17/h3-8,14,23H,9-13,15H2,1-2H3,(H2,22,24)/b16-8+,18-14-. The third-order valence-corrected chi connectivity index (χ3v) is 5.08. The zero-order chi connectivity index (χ0) is 20.4. The number of nitrogens with zero attached hydrogens (tertiary/aromatic N) is 3. The molecule has 1 heterocycles. The first kappa shape index (κ1) is 22.0. The van der Waals surface area contributed by atoms with Gasteiger partial charge in [0.2, 0.25) is 5.91 Å². The van der Waals surface area contributed by atoms with E-state index in [0.29, 0.717) is 30.0 Å². The van der Waals surface area contributed by atoms with Crippen LogP contribution in [0.4, 0.5) is 0 Å². The predicted molar refractivity (Wildman–Crippen MR) is 117 cm³/mol. The Kier molecular flexibility index (Phi) is 9.03. The molecule has 3 N–H and O–H groups in total. The van der Waals surface area contributed by atoms with Crippen LogP contribution in [0.3, 0.4) is 0 Å². The van der Waals surface area contributed by atoms with Crippen molar-refractivity contribution in [3.8, 4) is 0 Å². The second-order valence-electron chi connectivity index (χ2n) is 6.40. The molecule has 152 valence electrons. The third kappa shape index (κ3) is 7.01. The Balaban J connectivity index is 1.78. The summed E-state index contributed by atoms with van der Waals surface area (Å²) >= 11 is 3.41. The van der Waals surface area contributed by atoms with Gasteiger partial charge in [0.05, 0.1) is 11.1 Å². The molecule has 0 aromatic heterocycles. The first-order valence-electron chi connectivity index (χ1n) is 9.18. The number of hydrogen-bond acceptors (Lipinski definition) is 5. The molecule has 8 heteroatoms. The van der Waals surface area contributed by atoms with Gasteiger partial charge in [-0.25, -0.2) is 0 Å². The molecule has 1 fully saturated rings. The van der Waals surface area contributed by atoms with Crippen LogP contribution in [0.2, 0.25) is 0 Å². The molecule has 1 aromatic rings. The fourth-order valence-corrected chi connectivity index (χ4v) is 3.12. The van der Waals surface area contributed by atoms with Crippen molar-refractivity contribution in [3.05, 3.63) is 52.2 Å². The van der Waals surface area contributed by atoms with Crippen LogP contribution in [0.25, 0.3) is 6.08 Å². The largest absolute Gasteiger partial charge is 0.381 e. The Morgan fingerprint density at radius 1 is 1.25 bits per heavy atom. The number of hydrogen-bond donors (Lipinski definition) is 2. The molecular weight excluding hydrogens is 422 g/mol. The van der Waals surface area contributed by atoms with E-state index in [0.717, 1.165) is 18.7 Å². The summed E-state index contributed by atoms with van der Waals surface area (Å²) in [4.78, 5) is 16.5. The van der Waals surface area contributed by atoms with Crippen LogP contribution in [0, 0.1) is 0 Å². The molecule has 0 aliphatic carbocycles. The highest BCUT2D eigenvalue weighted by Gasteiger charge is 2.20. The summed E-state index contributed by atoms with van der Waals surface area (Å²) in [6.07, 6.45) is 3.93. The number of allylic oxidation sites excluding steroid dienone is 1. The topological polar surface area (TPSA) is 83.2 Å². The van der Waals surface area contributed by atoms with Gasteiger partial charge in [-0.1, -0.05) is 30.3 Å². The summed E-state index contributed by atoms with van der Waals surface area (Å²) in [7, 11) is 1.68. The van der Waals surface area contributed by atoms with Crippen LogP contribution in [-0.4, -0.2) is 68.0 Å². The summed E-state index contributed by atoms with van der Waals surface area (Å²) < 4.78 is 5.73. The minimum Gasteiger partial charge on any atom is -0.381 e. The molecular formula is C20H28BrN5O2. The van der Waals surface area contributed by atoms with E-state index >= 15 is 0 Å². The van der Waals surface area contributed by atoms with Crippen LogP contribution < -0.4 is 11.2 Å². The number of piperazine rings is 1. The van der Waals surface area contributed by atoms with Gasteiger partial charge in [-0.15, -0.1) is 0 Å². The number of halogens is 1. The normalized spacial score (nSPS) is 16.3. The fourth-order valence-electron chi connectivity index (χ4n) is 2.77. The Bertz CT molecular complexity index is 725. The van der Waals surface area contributed by atoms with Gasteiger partial charge in [-0.05, 0) is 40.6 Å². The molecule has 7 nitrogen and oxygen atoms in total. The Hall–Kier alpha value is -2.32. The molecule has 1 aliphatic rings. The maximum absolute atomic E-state index is 12.4. The van der Waals surface area contributed by atoms with Crippen LogP contribution >= 0.6 is 15.9 Å². The summed E-state index contributed by atoms with van der Waals surface area (Å²) in [5.41, 5.74) is 10.9. The minimum atomic E-state index is 0.0119. The number of benzene rings is 1. The van der Waals surface area contributed by atoms with Gasteiger partial charge in [0.1, 0.15) is 6.54 Å². The second-order valence-corrected chi connectivity index (χ2v) is 7.26. The third-order valence-electron chi connectivity index (χ3n) is 4.44. The van der Waals surface area contributed by atoms with Crippen molar-refractivity contribution in [1.82, 2.24) is 15.2 Å². The van der Waals surface area contributed by atoms with Crippen molar-refractivity contribution in [3.63, 3.8) is 0 Å². The number of carbonyl (C=O) groups excluding carboxylic acids is 1. The lowest BCUT2D eigenvalue weighted by Crippen LogP contribution is -2.49. The summed E-state index contributed by atoms with van der Waals surface area (Å²) in [5, 5.41) is 4.08. The number of nitrogens with two attached hydrogens (primary N) is 1. The molecule has 2 rings (SSSR count). The highest BCUT2D eigenvalue weighted by molar-refractivity contribution is 9.12. The van der Waals surface area contributed by atoms with Gasteiger partial charge >= 0.3 is 0 Å². The van der Waals surface area contributed by atoms with Crippen molar-refractivity contribution >= 4 is 33.7 Å². The van der Waals surface area contributed by atoms with Gasteiger partial charge in [-0.3, -0.25) is 10.2 Å². The molecule has 1 saturated heterocycles. The van der Waals surface area contributed by atoms with Crippen molar-refractivity contribution in [2.24, 2.45) is 10.8 Å². The van der Waals surface area contributed by atoms with Gasteiger partial charge in [0.25, 0.3) is 0 Å². The lowest BCUT2D eigenvalue weighted by atomic mass is 10.2. The number of amides is 1. The lowest BCUT2D eigenvalue weighted by Gasteiger charge is -2.36. The zero-order valence-electron chi connectivity index (χ0n) is 16.4. The SMILES string of the molecule is COC/C=C(\C)N1CCN(C(=O)CN/N=C(N)\C(Br)=C\c2ccccc2)CC1. The molecule has 0 radical (unpaired) electrons. The van der Waals surface area contributed by atoms with Gasteiger partial charge in [0.15, 0.2) is 5.84 Å². The zero-order valence-corrected chi connectivity index (χ0v) is 18.0. The average molecular weight is 450 g/mol. The van der Waals surface area contributed by atoms with E-state index in [-0.39, 0.29) is 12.5 Å². The average Bonchev–Trinajstić information content (AvgIpc) is 2.72. The van der Waals surface area contributed by atoms with Gasteiger partial charge < -0.3 is 20.3 Å². The second kappa shape index (κ2) is 11.5. The number of carbonyl (C=O) groups is 1. The predicted octanol–water partition coefficient (Wildman–Crippen LogP) is 1.98. The first-order chi connectivity index (χ1) is 13.5. The van der Waals surface area contributed by atoms with Crippen LogP contribution in [0.5, 0.6) is 0 Å². The van der Waals surface area contributed by atoms with Crippen molar-refractivity contribution in [2.45, 2.75) is 6.92 Å². The number of hydrazone groups is 1. The number of rotatable bonds is 8. The van der Waals surface area contributed by atoms with E-state index in [2.05, 4.69) is 44.4 Å². The number of ether oxygens (including phenoxy) is 1. The highest BCUT2D eigenvalue weighted by Crippen LogP contribution is 2.12. The highest BCUT2D eigenvalue weighted by atomic mass is 79.9. The Labute approximate surface area is 175 Å². The van der Waals surface area contributed by atoms with Gasteiger partial charge in [0, 0.05) is 39.0 Å². The van der Waals surface area contributed by atoms with Crippen molar-refractivity contribution in [2.75, 3.05) is 46.4 Å². The molecule has 1 aliphatic heterocycles. The maximum atomic E-state index is 12.4. The van der Waals surface area contributed by atoms with Gasteiger partial charge in [-0.2, -0.15) is 5.10 Å². The smallest absolute Gasteiger partial charge is 0.243 e. The molecule has 0 atom stereocenters. The molecule has 0 saturated carbocycles. The molecule has 0 spiro atoms. The molecule has 1 aromatic carbocycles. The first-order valence-corrected chi connectivity index (χ1v) is 9.97. The van der Waals surface area contributed by atoms with E-state index in [1.54, 1.807) is 7.11 Å². The number of nitrogens with one attached hydrogen (secondary N) is 1. The summed E-state index contributed by atoms with van der Waals surface area (Å²) in [5.74, 6) is 0.304. The monoisotopic (exact) mass is 449 g/mol. The number of amidine groups is 1. The Morgan fingerprint density at radius 2 is 1.89 bits per heavy atom. The summed E-state index contributed by atoms with van der Waals surface area (Å²) in [6, 6.07) is 9.79. The van der Waals surface area contributed by atoms with Crippen LogP contribution in [0.15, 0.2) is 51.7 Å². The van der Waals surface area contributed by atoms with E-state index in [1.165, 1.54) is 5.70 Å².